The fraction of sp³-hybridized carbons (Fsp3) is 0.381. The number of benzene rings is 1. The Morgan fingerprint density at radius 3 is 2.30 bits per heavy atom. The van der Waals surface area contributed by atoms with Gasteiger partial charge in [-0.25, -0.2) is 0 Å². The molecule has 1 aromatic carbocycles. The summed E-state index contributed by atoms with van der Waals surface area (Å²) in [7, 11) is 1.84. The molecule has 27 heavy (non-hydrogen) atoms. The van der Waals surface area contributed by atoms with E-state index in [1.165, 1.54) is 0 Å². The minimum absolute atomic E-state index is 0.196. The third kappa shape index (κ3) is 3.97. The topological polar surface area (TPSA) is 112 Å². The molecule has 0 radical (unpaired) electrons. The van der Waals surface area contributed by atoms with Crippen molar-refractivity contribution in [2.45, 2.75) is 45.1 Å². The number of rotatable bonds is 7. The van der Waals surface area contributed by atoms with E-state index in [0.29, 0.717) is 34.8 Å². The lowest BCUT2D eigenvalue weighted by molar-refractivity contribution is 0.248. The molecular formula is C21H27N3O3. The van der Waals surface area contributed by atoms with Crippen LogP contribution < -0.4 is 5.32 Å². The molecule has 6 nitrogen and oxygen atoms in total. The number of aromatic nitrogens is 1. The second-order valence-electron chi connectivity index (χ2n) is 6.39. The van der Waals surface area contributed by atoms with Gasteiger partial charge in [-0.15, -0.1) is 13.2 Å². The highest BCUT2D eigenvalue weighted by molar-refractivity contribution is 5.78. The van der Waals surface area contributed by atoms with E-state index in [-0.39, 0.29) is 19.8 Å². The van der Waals surface area contributed by atoms with Crippen LogP contribution in [0, 0.1) is 11.3 Å². The highest BCUT2D eigenvalue weighted by Gasteiger charge is 2.33. The zero-order valence-electron chi connectivity index (χ0n) is 15.7. The second-order valence-corrected chi connectivity index (χ2v) is 6.39. The lowest BCUT2D eigenvalue weighted by Crippen LogP contribution is -2.08. The van der Waals surface area contributed by atoms with Crippen LogP contribution in [0.15, 0.2) is 25.3 Å². The van der Waals surface area contributed by atoms with Crippen LogP contribution in [0.3, 0.4) is 0 Å². The molecule has 2 aromatic rings. The summed E-state index contributed by atoms with van der Waals surface area (Å²) in [4.78, 5) is 3.22. The Hall–Kier alpha value is -2.43. The third-order valence-corrected chi connectivity index (χ3v) is 4.85. The molecule has 1 saturated carbocycles. The highest BCUT2D eigenvalue weighted by atomic mass is 16.3. The van der Waals surface area contributed by atoms with Gasteiger partial charge in [0.25, 0.3) is 0 Å². The Labute approximate surface area is 159 Å². The molecular weight excluding hydrogens is 342 g/mol. The molecule has 1 aromatic heterocycles. The molecule has 6 heteroatoms. The Kier molecular flexibility index (Phi) is 7.34. The Morgan fingerprint density at radius 1 is 1.15 bits per heavy atom. The summed E-state index contributed by atoms with van der Waals surface area (Å²) in [5, 5.41) is 41.9. The largest absolute Gasteiger partial charge is 0.392 e. The first-order chi connectivity index (χ1) is 13.2. The molecule has 0 atom stereocenters. The third-order valence-electron chi connectivity index (χ3n) is 4.85. The van der Waals surface area contributed by atoms with E-state index in [0.717, 1.165) is 35.2 Å². The van der Waals surface area contributed by atoms with Gasteiger partial charge in [-0.1, -0.05) is 12.1 Å². The summed E-state index contributed by atoms with van der Waals surface area (Å²) >= 11 is 0. The summed E-state index contributed by atoms with van der Waals surface area (Å²) in [6.45, 7) is 5.88. The number of aliphatic hydroxyl groups excluding tert-OH is 3. The van der Waals surface area contributed by atoms with Gasteiger partial charge in [-0.05, 0) is 53.6 Å². The van der Waals surface area contributed by atoms with Gasteiger partial charge in [0.05, 0.1) is 19.8 Å². The first-order valence-corrected chi connectivity index (χ1v) is 8.96. The SMILES string of the molecule is C=C.CNCc1[nH]c(C#N)c(C2CC2)c1-c1ccc(CO)c(CO)c1CO. The minimum Gasteiger partial charge on any atom is -0.392 e. The summed E-state index contributed by atoms with van der Waals surface area (Å²) in [5.74, 6) is 0.355. The summed E-state index contributed by atoms with van der Waals surface area (Å²) in [5.41, 5.74) is 6.00. The molecule has 144 valence electrons. The fourth-order valence-corrected chi connectivity index (χ4v) is 3.56. The van der Waals surface area contributed by atoms with Crippen molar-refractivity contribution < 1.29 is 15.3 Å². The Balaban J connectivity index is 0.00000126. The molecule has 0 amide bonds. The van der Waals surface area contributed by atoms with Gasteiger partial charge in [-0.2, -0.15) is 5.26 Å². The normalized spacial score (nSPS) is 13.0. The van der Waals surface area contributed by atoms with Crippen molar-refractivity contribution in [3.8, 4) is 17.2 Å². The number of nitrogens with one attached hydrogen (secondary N) is 2. The average Bonchev–Trinajstić information content (AvgIpc) is 3.49. The Morgan fingerprint density at radius 2 is 1.81 bits per heavy atom. The lowest BCUT2D eigenvalue weighted by atomic mass is 9.89. The fourth-order valence-electron chi connectivity index (χ4n) is 3.56. The number of aromatic amines is 1. The Bertz CT molecular complexity index is 832. The maximum Gasteiger partial charge on any atom is 0.121 e. The van der Waals surface area contributed by atoms with Gasteiger partial charge in [0.2, 0.25) is 0 Å². The molecule has 1 heterocycles. The summed E-state index contributed by atoms with van der Waals surface area (Å²) in [6.07, 6.45) is 2.10. The quantitative estimate of drug-likeness (QED) is 0.481. The first-order valence-electron chi connectivity index (χ1n) is 8.96. The first kappa shape index (κ1) is 20.9. The molecule has 0 bridgehead atoms. The standard InChI is InChI=1S/C19H23N3O3.C2H4/c1-21-7-17-19(18(11-2-3-11)16(6-20)22-17)13-5-4-12(8-23)14(9-24)15(13)10-25;1-2/h4-5,11,21-25H,2-3,7-10H2,1H3;1-2H2. The monoisotopic (exact) mass is 369 g/mol. The molecule has 1 aliphatic rings. The van der Waals surface area contributed by atoms with Crippen LogP contribution in [0.25, 0.3) is 11.1 Å². The van der Waals surface area contributed by atoms with E-state index in [9.17, 15) is 20.6 Å². The molecule has 1 aliphatic carbocycles. The van der Waals surface area contributed by atoms with Gasteiger partial charge >= 0.3 is 0 Å². The predicted molar refractivity (Wildman–Crippen MR) is 105 cm³/mol. The van der Waals surface area contributed by atoms with Crippen LogP contribution >= 0.6 is 0 Å². The molecule has 1 fully saturated rings. The average molecular weight is 369 g/mol. The van der Waals surface area contributed by atoms with Crippen molar-refractivity contribution in [2.75, 3.05) is 7.05 Å². The van der Waals surface area contributed by atoms with Gasteiger partial charge in [0, 0.05) is 17.8 Å². The minimum atomic E-state index is -0.255. The molecule has 0 aliphatic heterocycles. The molecule has 3 rings (SSSR count). The van der Waals surface area contributed by atoms with Gasteiger partial charge in [0.1, 0.15) is 11.8 Å². The van der Waals surface area contributed by atoms with Crippen LogP contribution in [0.5, 0.6) is 0 Å². The van der Waals surface area contributed by atoms with Crippen LogP contribution in [-0.4, -0.2) is 27.4 Å². The number of nitriles is 1. The maximum absolute atomic E-state index is 9.96. The molecule has 5 N–H and O–H groups in total. The van der Waals surface area contributed by atoms with Crippen LogP contribution in [-0.2, 0) is 26.4 Å². The van der Waals surface area contributed by atoms with Gasteiger partial charge < -0.3 is 25.6 Å². The highest BCUT2D eigenvalue weighted by Crippen LogP contribution is 2.48. The van der Waals surface area contributed by atoms with Gasteiger partial charge in [0.15, 0.2) is 0 Å². The van der Waals surface area contributed by atoms with Crippen molar-refractivity contribution in [3.05, 3.63) is 58.9 Å². The molecule has 0 saturated heterocycles. The smallest absolute Gasteiger partial charge is 0.121 e. The molecule has 0 unspecified atom stereocenters. The number of hydrogen-bond donors (Lipinski definition) is 5. The zero-order valence-corrected chi connectivity index (χ0v) is 15.7. The number of hydrogen-bond acceptors (Lipinski definition) is 5. The van der Waals surface area contributed by atoms with E-state index in [2.05, 4.69) is 29.5 Å². The summed E-state index contributed by atoms with van der Waals surface area (Å²) < 4.78 is 0. The maximum atomic E-state index is 9.96. The van der Waals surface area contributed by atoms with E-state index in [1.54, 1.807) is 6.07 Å². The van der Waals surface area contributed by atoms with Crippen molar-refractivity contribution >= 4 is 0 Å². The van der Waals surface area contributed by atoms with E-state index >= 15 is 0 Å². The van der Waals surface area contributed by atoms with Crippen molar-refractivity contribution in [1.82, 2.24) is 10.3 Å². The number of nitrogens with zero attached hydrogens (tertiary/aromatic N) is 1. The van der Waals surface area contributed by atoms with Crippen molar-refractivity contribution in [2.24, 2.45) is 0 Å². The number of aliphatic hydroxyl groups is 3. The van der Waals surface area contributed by atoms with Gasteiger partial charge in [-0.3, -0.25) is 0 Å². The number of H-pyrrole nitrogens is 1. The molecule has 0 spiro atoms. The van der Waals surface area contributed by atoms with Crippen LogP contribution in [0.1, 0.15) is 52.4 Å². The second kappa shape index (κ2) is 9.49. The predicted octanol–water partition coefficient (Wildman–Crippen LogP) is 2.43. The van der Waals surface area contributed by atoms with Crippen molar-refractivity contribution in [3.63, 3.8) is 0 Å². The zero-order chi connectivity index (χ0) is 20.0. The van der Waals surface area contributed by atoms with E-state index < -0.39 is 0 Å². The van der Waals surface area contributed by atoms with Crippen molar-refractivity contribution in [1.29, 1.82) is 5.26 Å². The van der Waals surface area contributed by atoms with E-state index in [4.69, 9.17) is 0 Å². The van der Waals surface area contributed by atoms with Crippen LogP contribution in [0.4, 0.5) is 0 Å². The lowest BCUT2D eigenvalue weighted by Gasteiger charge is -2.17. The summed E-state index contributed by atoms with van der Waals surface area (Å²) in [6, 6.07) is 5.90. The van der Waals surface area contributed by atoms with Crippen LogP contribution in [0.2, 0.25) is 0 Å². The van der Waals surface area contributed by atoms with E-state index in [1.807, 2.05) is 13.1 Å².